The van der Waals surface area contributed by atoms with E-state index in [1.54, 1.807) is 0 Å². The van der Waals surface area contributed by atoms with Crippen LogP contribution in [0.15, 0.2) is 88.8 Å². The molecular weight excluding hydrogens is 807 g/mol. The maximum atomic E-state index is 5.23. The van der Waals surface area contributed by atoms with Crippen LogP contribution in [0.25, 0.3) is 0 Å². The molecule has 354 valence electrons. The first-order valence-corrected chi connectivity index (χ1v) is 22.9. The number of aliphatic imine (C=N–C) groups is 5. The lowest BCUT2D eigenvalue weighted by Crippen LogP contribution is -2.51. The molecule has 0 fully saturated rings. The van der Waals surface area contributed by atoms with E-state index in [4.69, 9.17) is 9.41 Å². The molecule has 2 aromatic rings. The van der Waals surface area contributed by atoms with Crippen LogP contribution in [0.4, 0.5) is 0 Å². The van der Waals surface area contributed by atoms with Gasteiger partial charge >= 0.3 is 0 Å². The van der Waals surface area contributed by atoms with Gasteiger partial charge in [-0.3, -0.25) is 4.90 Å². The predicted molar refractivity (Wildman–Crippen MR) is 274 cm³/mol. The van der Waals surface area contributed by atoms with Crippen LogP contribution in [0.1, 0.15) is 90.5 Å². The standard InChI is InChI=1S/C16H26N4S.C15H27N5.C8H16N4.C7H10O.C2H6/c1-11-8-9-14(21-11)10-19(6)15-12(2)13(3)17-16(18(4)5)20(15)7;1-8-9-10-12(2)11-19(6)15-17-13(3)16-14(18(4)5)20(15)7;1-6-9-7(2)12(5)8(10-6)11(3)4;1-3-7-5-4-6(2)8-7;1-2/h8-9,13H,10H2,1-7H3;8-10,13H,11H2,1-7H3;6H,1-5H3;4-5H,3H2,1-2H3;1-2H3/b;9-8+,12-10+;;;. The smallest absolute Gasteiger partial charge is 0.205 e. The van der Waals surface area contributed by atoms with E-state index in [2.05, 4.69) is 120 Å². The Labute approximate surface area is 387 Å². The van der Waals surface area contributed by atoms with Crippen LogP contribution in [-0.2, 0) is 13.0 Å². The number of allylic oxidation sites excluding steroid dienone is 3. The fourth-order valence-corrected chi connectivity index (χ4v) is 7.73. The highest BCUT2D eigenvalue weighted by atomic mass is 32.1. The Kier molecular flexibility index (Phi) is 24.2. The average Bonchev–Trinajstić information content (AvgIpc) is 3.85. The second kappa shape index (κ2) is 27.2. The Balaban J connectivity index is 0.000000437. The van der Waals surface area contributed by atoms with E-state index in [0.29, 0.717) is 0 Å². The molecule has 2 aromatic heterocycles. The van der Waals surface area contributed by atoms with E-state index < -0.39 is 0 Å². The van der Waals surface area contributed by atoms with Gasteiger partial charge in [0.1, 0.15) is 35.5 Å². The molecular formula is C48H85N13OS. The minimum Gasteiger partial charge on any atom is -0.466 e. The summed E-state index contributed by atoms with van der Waals surface area (Å²) in [6, 6.07) is 8.63. The summed E-state index contributed by atoms with van der Waals surface area (Å²) in [5, 5.41) is 0. The molecule has 5 heterocycles. The second-order valence-corrected chi connectivity index (χ2v) is 17.7. The van der Waals surface area contributed by atoms with Crippen molar-refractivity contribution in [2.24, 2.45) is 25.0 Å². The predicted octanol–water partition coefficient (Wildman–Crippen LogP) is 8.77. The lowest BCUT2D eigenvalue weighted by atomic mass is 10.1. The van der Waals surface area contributed by atoms with Gasteiger partial charge in [0.2, 0.25) is 23.8 Å². The molecule has 0 spiro atoms. The Hall–Kier alpha value is -5.05. The lowest BCUT2D eigenvalue weighted by molar-refractivity contribution is 0.296. The molecule has 15 heteroatoms. The topological polar surface area (TPSA) is 101 Å². The number of rotatable bonds is 7. The summed E-state index contributed by atoms with van der Waals surface area (Å²) in [6.07, 6.45) is 7.23. The lowest BCUT2D eigenvalue weighted by Gasteiger charge is -2.39. The van der Waals surface area contributed by atoms with E-state index in [1.165, 1.54) is 26.7 Å². The zero-order chi connectivity index (χ0) is 48.3. The number of thiophene rings is 1. The van der Waals surface area contributed by atoms with Crippen molar-refractivity contribution in [2.45, 2.75) is 114 Å². The third-order valence-electron chi connectivity index (χ3n) is 9.87. The highest BCUT2D eigenvalue weighted by Gasteiger charge is 2.27. The van der Waals surface area contributed by atoms with Gasteiger partial charge in [-0.05, 0) is 92.2 Å². The molecule has 3 atom stereocenters. The number of guanidine groups is 4. The summed E-state index contributed by atoms with van der Waals surface area (Å²) in [5.74, 6) is 8.21. The SMILES string of the molecule is C/C=C/C=C(\C)CN(C)C1=NC(C)N=C(N(C)C)N1C.CC.CC1=C(N(C)Cc2ccc(C)s2)N(C)C(N(C)C)=NC1C.CC1=NC(C)N=C(N(C)C)N1C.CCc1ccc(C)o1. The van der Waals surface area contributed by atoms with Gasteiger partial charge in [0.15, 0.2) is 0 Å². The van der Waals surface area contributed by atoms with Crippen LogP contribution in [0.5, 0.6) is 0 Å². The molecule has 0 aromatic carbocycles. The summed E-state index contributed by atoms with van der Waals surface area (Å²) < 4.78 is 5.23. The van der Waals surface area contributed by atoms with Crippen LogP contribution in [-0.4, -0.2) is 171 Å². The van der Waals surface area contributed by atoms with Gasteiger partial charge in [0.25, 0.3) is 0 Å². The molecule has 0 amide bonds. The monoisotopic (exact) mass is 892 g/mol. The van der Waals surface area contributed by atoms with Crippen LogP contribution >= 0.6 is 11.3 Å². The Morgan fingerprint density at radius 1 is 0.698 bits per heavy atom. The number of hydrogen-bond acceptors (Lipinski definition) is 15. The minimum absolute atomic E-state index is 0.0409. The van der Waals surface area contributed by atoms with Gasteiger partial charge in [0, 0.05) is 100 Å². The van der Waals surface area contributed by atoms with E-state index >= 15 is 0 Å². The third-order valence-corrected chi connectivity index (χ3v) is 10.9. The van der Waals surface area contributed by atoms with Crippen LogP contribution in [0, 0.1) is 13.8 Å². The molecule has 0 radical (unpaired) electrons. The zero-order valence-electron chi connectivity index (χ0n) is 43.5. The van der Waals surface area contributed by atoms with Crippen molar-refractivity contribution in [3.8, 4) is 0 Å². The molecule has 5 rings (SSSR count). The van der Waals surface area contributed by atoms with Crippen molar-refractivity contribution >= 4 is 41.0 Å². The first-order valence-electron chi connectivity index (χ1n) is 22.1. The molecule has 0 aliphatic carbocycles. The quantitative estimate of drug-likeness (QED) is 0.253. The molecule has 14 nitrogen and oxygen atoms in total. The molecule has 0 saturated carbocycles. The highest BCUT2D eigenvalue weighted by molar-refractivity contribution is 7.11. The third kappa shape index (κ3) is 17.6. The van der Waals surface area contributed by atoms with Gasteiger partial charge in [-0.1, -0.05) is 44.6 Å². The zero-order valence-corrected chi connectivity index (χ0v) is 44.3. The van der Waals surface area contributed by atoms with Gasteiger partial charge in [-0.2, -0.15) is 0 Å². The molecule has 0 saturated heterocycles. The second-order valence-electron chi connectivity index (χ2n) is 16.3. The van der Waals surface area contributed by atoms with Crippen LogP contribution < -0.4 is 0 Å². The number of furan rings is 1. The number of amidine groups is 1. The fraction of sp³-hybridized carbons (Fsp3) is 0.604. The number of likely N-dealkylation sites (N-methyl/N-ethyl adjacent to an activating group) is 1. The van der Waals surface area contributed by atoms with Gasteiger partial charge in [0.05, 0.1) is 12.6 Å². The maximum Gasteiger partial charge on any atom is 0.205 e. The number of nitrogens with zero attached hydrogens (tertiary/aromatic N) is 13. The first-order chi connectivity index (χ1) is 29.5. The first kappa shape index (κ1) is 56.0. The van der Waals surface area contributed by atoms with Crippen LogP contribution in [0.2, 0.25) is 0 Å². The van der Waals surface area contributed by atoms with Crippen molar-refractivity contribution in [3.05, 3.63) is 80.7 Å². The largest absolute Gasteiger partial charge is 0.466 e. The summed E-state index contributed by atoms with van der Waals surface area (Å²) >= 11 is 1.87. The summed E-state index contributed by atoms with van der Waals surface area (Å²) in [4.78, 5) is 42.2. The number of aryl methyl sites for hydroxylation is 3. The molecule has 0 bridgehead atoms. The van der Waals surface area contributed by atoms with Crippen molar-refractivity contribution in [1.29, 1.82) is 0 Å². The Bertz CT molecular complexity index is 1940. The fourth-order valence-electron chi connectivity index (χ4n) is 6.78. The molecule has 0 N–H and O–H groups in total. The summed E-state index contributed by atoms with van der Waals surface area (Å²) in [6.45, 7) is 26.5. The van der Waals surface area contributed by atoms with Crippen molar-refractivity contribution in [1.82, 2.24) is 39.2 Å². The molecule has 63 heavy (non-hydrogen) atoms. The maximum absolute atomic E-state index is 5.23. The van der Waals surface area contributed by atoms with Crippen molar-refractivity contribution in [3.63, 3.8) is 0 Å². The van der Waals surface area contributed by atoms with Crippen molar-refractivity contribution in [2.75, 3.05) is 84.1 Å². The normalized spacial score (nSPS) is 18.5. The Morgan fingerprint density at radius 3 is 1.68 bits per heavy atom. The van der Waals surface area contributed by atoms with E-state index in [1.807, 2.05) is 154 Å². The van der Waals surface area contributed by atoms with E-state index in [9.17, 15) is 0 Å². The van der Waals surface area contributed by atoms with Gasteiger partial charge in [-0.15, -0.1) is 11.3 Å². The average molecular weight is 892 g/mol. The summed E-state index contributed by atoms with van der Waals surface area (Å²) in [5.41, 5.74) is 2.61. The molecule has 3 aliphatic heterocycles. The molecule has 3 unspecified atom stereocenters. The summed E-state index contributed by atoms with van der Waals surface area (Å²) in [7, 11) is 22.4. The van der Waals surface area contributed by atoms with Crippen molar-refractivity contribution < 1.29 is 4.42 Å². The van der Waals surface area contributed by atoms with E-state index in [-0.39, 0.29) is 18.4 Å². The van der Waals surface area contributed by atoms with Gasteiger partial charge < -0.3 is 38.7 Å². The highest BCUT2D eigenvalue weighted by Crippen LogP contribution is 2.26. The minimum atomic E-state index is -0.0409. The van der Waals surface area contributed by atoms with Gasteiger partial charge in [-0.25, -0.2) is 25.0 Å². The van der Waals surface area contributed by atoms with Crippen LogP contribution in [0.3, 0.4) is 0 Å². The van der Waals surface area contributed by atoms with E-state index in [0.717, 1.165) is 60.7 Å². The molecule has 3 aliphatic rings. The number of hydrogen-bond donors (Lipinski definition) is 0. The Morgan fingerprint density at radius 2 is 1.22 bits per heavy atom.